The fourth-order valence-electron chi connectivity index (χ4n) is 2.16. The molecule has 0 aromatic rings. The lowest BCUT2D eigenvalue weighted by Gasteiger charge is -2.41. The van der Waals surface area contributed by atoms with E-state index in [1.54, 1.807) is 0 Å². The lowest BCUT2D eigenvalue weighted by atomic mass is 9.85. The lowest BCUT2D eigenvalue weighted by molar-refractivity contribution is 0.122. The summed E-state index contributed by atoms with van der Waals surface area (Å²) < 4.78 is 0. The maximum absolute atomic E-state index is 12.0. The number of rotatable bonds is 1. The molecule has 1 atom stereocenters. The predicted octanol–water partition coefficient (Wildman–Crippen LogP) is 3.76. The second-order valence-electron chi connectivity index (χ2n) is 4.90. The maximum Gasteiger partial charge on any atom is 0.282 e. The van der Waals surface area contributed by atoms with Crippen LogP contribution in [0.2, 0.25) is 0 Å². The monoisotopic (exact) mass is 229 g/mol. The van der Waals surface area contributed by atoms with Crippen molar-refractivity contribution in [3.63, 3.8) is 0 Å². The molecule has 2 nitrogen and oxygen atoms in total. The zero-order chi connectivity index (χ0) is 11.5. The Balaban J connectivity index is 2.78. The first-order chi connectivity index (χ1) is 7.00. The summed E-state index contributed by atoms with van der Waals surface area (Å²) in [5, 5.41) is 0.260. The van der Waals surface area contributed by atoms with E-state index in [1.165, 1.54) is 24.6 Å². The molecule has 1 aliphatic rings. The first kappa shape index (κ1) is 12.9. The summed E-state index contributed by atoms with van der Waals surface area (Å²) in [4.78, 5) is 14.1. The van der Waals surface area contributed by atoms with Gasteiger partial charge in [0.2, 0.25) is 0 Å². The Labute approximate surface area is 97.8 Å². The van der Waals surface area contributed by atoms with Gasteiger partial charge in [-0.1, -0.05) is 32.0 Å². The van der Waals surface area contributed by atoms with Gasteiger partial charge in [0.05, 0.1) is 0 Å². The van der Waals surface area contributed by atoms with Gasteiger partial charge in [0.15, 0.2) is 0 Å². The van der Waals surface area contributed by atoms with E-state index < -0.39 is 0 Å². The normalized spacial score (nSPS) is 26.1. The quantitative estimate of drug-likeness (QED) is 0.682. The van der Waals surface area contributed by atoms with Crippen molar-refractivity contribution in [2.45, 2.75) is 52.5 Å². The molecule has 1 aliphatic heterocycles. The fourth-order valence-corrected chi connectivity index (χ4v) is 2.89. The summed E-state index contributed by atoms with van der Waals surface area (Å²) in [6, 6.07) is 0. The number of hydrogen-bond donors (Lipinski definition) is 0. The van der Waals surface area contributed by atoms with Crippen LogP contribution >= 0.6 is 11.8 Å². The average molecular weight is 229 g/mol. The summed E-state index contributed by atoms with van der Waals surface area (Å²) in [7, 11) is 0. The van der Waals surface area contributed by atoms with Gasteiger partial charge in [-0.2, -0.15) is 0 Å². The van der Waals surface area contributed by atoms with Crippen molar-refractivity contribution in [2.75, 3.05) is 12.3 Å². The molecule has 0 aliphatic carbocycles. The number of likely N-dealkylation sites (tertiary alicyclic amines) is 1. The van der Waals surface area contributed by atoms with Gasteiger partial charge in [0.1, 0.15) is 0 Å². The Hall–Kier alpha value is -0.180. The Morgan fingerprint density at radius 1 is 1.47 bits per heavy atom. The molecule has 1 unspecified atom stereocenters. The minimum Gasteiger partial charge on any atom is -0.328 e. The number of thioether (sulfide) groups is 1. The van der Waals surface area contributed by atoms with Gasteiger partial charge < -0.3 is 4.90 Å². The van der Waals surface area contributed by atoms with Crippen molar-refractivity contribution in [1.82, 2.24) is 4.90 Å². The van der Waals surface area contributed by atoms with Crippen LogP contribution in [0.3, 0.4) is 0 Å². The summed E-state index contributed by atoms with van der Waals surface area (Å²) in [5.41, 5.74) is 0.0236. The van der Waals surface area contributed by atoms with Gasteiger partial charge in [-0.15, -0.1) is 0 Å². The highest BCUT2D eigenvalue weighted by Crippen LogP contribution is 2.33. The van der Waals surface area contributed by atoms with Crippen LogP contribution in [0.1, 0.15) is 47.0 Å². The van der Waals surface area contributed by atoms with Crippen molar-refractivity contribution in [3.8, 4) is 0 Å². The van der Waals surface area contributed by atoms with Gasteiger partial charge in [-0.25, -0.2) is 0 Å². The number of amides is 1. The standard InChI is InChI=1S/C12H23NOS/c1-5-15-11(14)13-9-7-6-8-10(2)12(13,3)4/h10H,5-9H2,1-4H3. The van der Waals surface area contributed by atoms with Crippen molar-refractivity contribution in [1.29, 1.82) is 0 Å². The molecule has 0 aromatic carbocycles. The number of hydrogen-bond acceptors (Lipinski definition) is 2. The second kappa shape index (κ2) is 5.24. The molecule has 1 saturated heterocycles. The first-order valence-corrected chi connectivity index (χ1v) is 6.93. The van der Waals surface area contributed by atoms with Crippen molar-refractivity contribution < 1.29 is 4.79 Å². The summed E-state index contributed by atoms with van der Waals surface area (Å²) in [6.07, 6.45) is 3.66. The van der Waals surface area contributed by atoms with Crippen molar-refractivity contribution in [2.24, 2.45) is 5.92 Å². The van der Waals surface area contributed by atoms with Gasteiger partial charge in [0.25, 0.3) is 5.24 Å². The van der Waals surface area contributed by atoms with E-state index in [0.29, 0.717) is 5.92 Å². The minimum absolute atomic E-state index is 0.0236. The summed E-state index contributed by atoms with van der Waals surface area (Å²) in [6.45, 7) is 9.65. The highest BCUT2D eigenvalue weighted by Gasteiger charge is 2.36. The SMILES string of the molecule is CCSC(=O)N1CCCCC(C)C1(C)C. The molecule has 0 spiro atoms. The summed E-state index contributed by atoms with van der Waals surface area (Å²) >= 11 is 1.44. The third kappa shape index (κ3) is 2.90. The Morgan fingerprint density at radius 3 is 2.73 bits per heavy atom. The lowest BCUT2D eigenvalue weighted by Crippen LogP contribution is -2.49. The van der Waals surface area contributed by atoms with Crippen LogP contribution in [0.4, 0.5) is 4.79 Å². The molecule has 3 heteroatoms. The molecular weight excluding hydrogens is 206 g/mol. The van der Waals surface area contributed by atoms with Crippen molar-refractivity contribution >= 4 is 17.0 Å². The summed E-state index contributed by atoms with van der Waals surface area (Å²) in [5.74, 6) is 1.47. The van der Waals surface area contributed by atoms with Crippen LogP contribution in [0, 0.1) is 5.92 Å². The molecule has 1 rings (SSSR count). The van der Waals surface area contributed by atoms with E-state index in [0.717, 1.165) is 18.7 Å². The van der Waals surface area contributed by atoms with E-state index in [2.05, 4.69) is 25.7 Å². The van der Waals surface area contributed by atoms with Crippen LogP contribution in [-0.4, -0.2) is 28.0 Å². The Kier molecular flexibility index (Phi) is 4.50. The number of nitrogens with zero attached hydrogens (tertiary/aromatic N) is 1. The van der Waals surface area contributed by atoms with E-state index in [4.69, 9.17) is 0 Å². The molecule has 1 amide bonds. The third-order valence-electron chi connectivity index (χ3n) is 3.66. The highest BCUT2D eigenvalue weighted by atomic mass is 32.2. The number of carbonyl (C=O) groups is 1. The topological polar surface area (TPSA) is 20.3 Å². The molecule has 0 saturated carbocycles. The Morgan fingerprint density at radius 2 is 2.13 bits per heavy atom. The van der Waals surface area contributed by atoms with E-state index in [1.807, 2.05) is 6.92 Å². The van der Waals surface area contributed by atoms with Crippen LogP contribution in [0.5, 0.6) is 0 Å². The molecule has 0 bridgehead atoms. The first-order valence-electron chi connectivity index (χ1n) is 5.94. The molecule has 15 heavy (non-hydrogen) atoms. The van der Waals surface area contributed by atoms with Crippen LogP contribution in [0.15, 0.2) is 0 Å². The molecule has 0 aromatic heterocycles. The van der Waals surface area contributed by atoms with Crippen LogP contribution < -0.4 is 0 Å². The highest BCUT2D eigenvalue weighted by molar-refractivity contribution is 8.13. The van der Waals surface area contributed by atoms with Gasteiger partial charge in [0, 0.05) is 12.1 Å². The smallest absolute Gasteiger partial charge is 0.282 e. The molecule has 0 radical (unpaired) electrons. The molecular formula is C12H23NOS. The van der Waals surface area contributed by atoms with E-state index in [9.17, 15) is 4.79 Å². The van der Waals surface area contributed by atoms with Crippen LogP contribution in [0.25, 0.3) is 0 Å². The average Bonchev–Trinajstić information content (AvgIpc) is 2.28. The molecule has 1 heterocycles. The second-order valence-corrected chi connectivity index (χ2v) is 6.12. The van der Waals surface area contributed by atoms with E-state index in [-0.39, 0.29) is 10.8 Å². The largest absolute Gasteiger partial charge is 0.328 e. The van der Waals surface area contributed by atoms with Gasteiger partial charge in [-0.3, -0.25) is 4.79 Å². The maximum atomic E-state index is 12.0. The number of carbonyl (C=O) groups excluding carboxylic acids is 1. The third-order valence-corrected chi connectivity index (χ3v) is 4.41. The fraction of sp³-hybridized carbons (Fsp3) is 0.917. The van der Waals surface area contributed by atoms with Crippen molar-refractivity contribution in [3.05, 3.63) is 0 Å². The predicted molar refractivity (Wildman–Crippen MR) is 67.3 cm³/mol. The zero-order valence-corrected chi connectivity index (χ0v) is 11.2. The van der Waals surface area contributed by atoms with Gasteiger partial charge >= 0.3 is 0 Å². The molecule has 0 N–H and O–H groups in total. The van der Waals surface area contributed by atoms with Crippen LogP contribution in [-0.2, 0) is 0 Å². The van der Waals surface area contributed by atoms with Gasteiger partial charge in [-0.05, 0) is 38.4 Å². The minimum atomic E-state index is 0.0236. The van der Waals surface area contributed by atoms with E-state index >= 15 is 0 Å². The Bertz CT molecular complexity index is 228. The zero-order valence-electron chi connectivity index (χ0n) is 10.4. The molecule has 1 fully saturated rings. The molecule has 88 valence electrons.